The molecule has 0 unspecified atom stereocenters. The van der Waals surface area contributed by atoms with Crippen molar-refractivity contribution in [2.75, 3.05) is 20.2 Å². The smallest absolute Gasteiger partial charge is 0.260 e. The van der Waals surface area contributed by atoms with Gasteiger partial charge in [0.2, 0.25) is 0 Å². The van der Waals surface area contributed by atoms with Crippen molar-refractivity contribution < 1.29 is 9.53 Å². The van der Waals surface area contributed by atoms with Gasteiger partial charge in [-0.3, -0.25) is 9.78 Å². The molecular formula is C18H20N4O2. The topological polar surface area (TPSA) is 59.7 Å². The van der Waals surface area contributed by atoms with Crippen LogP contribution in [0.3, 0.4) is 0 Å². The van der Waals surface area contributed by atoms with Gasteiger partial charge in [-0.1, -0.05) is 0 Å². The van der Waals surface area contributed by atoms with Gasteiger partial charge >= 0.3 is 0 Å². The van der Waals surface area contributed by atoms with E-state index in [-0.39, 0.29) is 12.5 Å². The van der Waals surface area contributed by atoms with Crippen molar-refractivity contribution in [1.29, 1.82) is 0 Å². The van der Waals surface area contributed by atoms with Gasteiger partial charge in [0.05, 0.1) is 5.69 Å². The van der Waals surface area contributed by atoms with Gasteiger partial charge in [0, 0.05) is 38.4 Å². The highest BCUT2D eigenvalue weighted by Crippen LogP contribution is 2.18. The lowest BCUT2D eigenvalue weighted by Gasteiger charge is -2.17. The van der Waals surface area contributed by atoms with Crippen molar-refractivity contribution in [3.05, 3.63) is 60.3 Å². The Balaban J connectivity index is 1.56. The summed E-state index contributed by atoms with van der Waals surface area (Å²) >= 11 is 0. The number of likely N-dealkylation sites (N-methyl/N-ethyl adjacent to an activating group) is 1. The molecule has 0 radical (unpaired) electrons. The van der Waals surface area contributed by atoms with Crippen LogP contribution in [-0.4, -0.2) is 45.4 Å². The largest absolute Gasteiger partial charge is 0.480 e. The average molecular weight is 324 g/mol. The number of aryl methyl sites for hydroxylation is 1. The van der Waals surface area contributed by atoms with Crippen LogP contribution in [0.25, 0.3) is 5.65 Å². The number of ether oxygens (including phenoxy) is 1. The third-order valence-corrected chi connectivity index (χ3v) is 3.83. The van der Waals surface area contributed by atoms with E-state index < -0.39 is 0 Å². The second kappa shape index (κ2) is 7.12. The van der Waals surface area contributed by atoms with E-state index in [9.17, 15) is 4.79 Å². The van der Waals surface area contributed by atoms with Gasteiger partial charge in [-0.2, -0.15) is 0 Å². The SMILES string of the molecule is Cc1cn2cccc(OCC(=O)N(C)CCc3ccncc3)c2n1. The van der Waals surface area contributed by atoms with Crippen LogP contribution < -0.4 is 4.74 Å². The van der Waals surface area contributed by atoms with Gasteiger partial charge in [-0.15, -0.1) is 0 Å². The number of nitrogens with zero attached hydrogens (tertiary/aromatic N) is 4. The number of fused-ring (bicyclic) bond motifs is 1. The van der Waals surface area contributed by atoms with Crippen LogP contribution in [0, 0.1) is 6.92 Å². The first kappa shape index (κ1) is 16.0. The molecule has 0 aliphatic carbocycles. The van der Waals surface area contributed by atoms with Gasteiger partial charge in [0.25, 0.3) is 5.91 Å². The van der Waals surface area contributed by atoms with E-state index >= 15 is 0 Å². The number of rotatable bonds is 6. The minimum atomic E-state index is -0.0608. The molecule has 3 aromatic heterocycles. The van der Waals surface area contributed by atoms with Crippen LogP contribution in [0.4, 0.5) is 0 Å². The van der Waals surface area contributed by atoms with Crippen molar-refractivity contribution >= 4 is 11.6 Å². The standard InChI is InChI=1S/C18H20N4O2/c1-14-12-22-10-3-4-16(18(22)20-14)24-13-17(23)21(2)11-7-15-5-8-19-9-6-15/h3-6,8-10,12H,7,11,13H2,1-2H3. The zero-order valence-corrected chi connectivity index (χ0v) is 13.8. The predicted octanol–water partition coefficient (Wildman–Crippen LogP) is 2.12. The zero-order valence-electron chi connectivity index (χ0n) is 13.8. The molecule has 0 aliphatic heterocycles. The zero-order chi connectivity index (χ0) is 16.9. The van der Waals surface area contributed by atoms with E-state index in [1.54, 1.807) is 24.3 Å². The molecule has 0 aromatic carbocycles. The Labute approximate surface area is 140 Å². The van der Waals surface area contributed by atoms with E-state index in [2.05, 4.69) is 9.97 Å². The number of hydrogen-bond donors (Lipinski definition) is 0. The van der Waals surface area contributed by atoms with Crippen molar-refractivity contribution in [2.24, 2.45) is 0 Å². The van der Waals surface area contributed by atoms with Crippen LogP contribution in [0.2, 0.25) is 0 Å². The Kier molecular flexibility index (Phi) is 4.74. The average Bonchev–Trinajstić information content (AvgIpc) is 2.99. The lowest BCUT2D eigenvalue weighted by molar-refractivity contribution is -0.132. The van der Waals surface area contributed by atoms with Crippen molar-refractivity contribution in [3.63, 3.8) is 0 Å². The van der Waals surface area contributed by atoms with Gasteiger partial charge in [0.1, 0.15) is 0 Å². The van der Waals surface area contributed by atoms with Crippen LogP contribution in [-0.2, 0) is 11.2 Å². The molecule has 0 atom stereocenters. The summed E-state index contributed by atoms with van der Waals surface area (Å²) in [5.41, 5.74) is 2.79. The van der Waals surface area contributed by atoms with Crippen LogP contribution in [0.5, 0.6) is 5.75 Å². The molecule has 3 aromatic rings. The molecule has 0 fully saturated rings. The lowest BCUT2D eigenvalue weighted by Crippen LogP contribution is -2.33. The highest BCUT2D eigenvalue weighted by atomic mass is 16.5. The number of amides is 1. The third kappa shape index (κ3) is 3.71. The lowest BCUT2D eigenvalue weighted by atomic mass is 10.2. The Morgan fingerprint density at radius 2 is 2.08 bits per heavy atom. The van der Waals surface area contributed by atoms with E-state index in [4.69, 9.17) is 4.74 Å². The molecule has 124 valence electrons. The fraction of sp³-hybridized carbons (Fsp3) is 0.278. The Morgan fingerprint density at radius 3 is 2.88 bits per heavy atom. The van der Waals surface area contributed by atoms with E-state index in [1.807, 2.05) is 48.0 Å². The number of pyridine rings is 2. The van der Waals surface area contributed by atoms with Crippen molar-refractivity contribution in [3.8, 4) is 5.75 Å². The highest BCUT2D eigenvalue weighted by molar-refractivity contribution is 5.77. The molecule has 6 nitrogen and oxygen atoms in total. The quantitative estimate of drug-likeness (QED) is 0.697. The first-order valence-electron chi connectivity index (χ1n) is 7.83. The maximum atomic E-state index is 12.2. The van der Waals surface area contributed by atoms with Crippen LogP contribution >= 0.6 is 0 Å². The normalized spacial score (nSPS) is 10.8. The summed E-state index contributed by atoms with van der Waals surface area (Å²) in [5.74, 6) is 0.552. The molecule has 3 heterocycles. The Morgan fingerprint density at radius 1 is 1.29 bits per heavy atom. The summed E-state index contributed by atoms with van der Waals surface area (Å²) in [6.07, 6.45) is 8.14. The summed E-state index contributed by atoms with van der Waals surface area (Å²) in [6.45, 7) is 2.56. The number of hydrogen-bond acceptors (Lipinski definition) is 4. The Hall–Kier alpha value is -2.89. The molecule has 0 N–H and O–H groups in total. The van der Waals surface area contributed by atoms with Gasteiger partial charge < -0.3 is 14.0 Å². The first-order valence-corrected chi connectivity index (χ1v) is 7.83. The van der Waals surface area contributed by atoms with Gasteiger partial charge in [-0.25, -0.2) is 4.98 Å². The van der Waals surface area contributed by atoms with Crippen molar-refractivity contribution in [1.82, 2.24) is 19.3 Å². The molecule has 6 heteroatoms. The minimum Gasteiger partial charge on any atom is -0.480 e. The summed E-state index contributed by atoms with van der Waals surface area (Å²) in [4.78, 5) is 22.3. The second-order valence-electron chi connectivity index (χ2n) is 5.70. The number of carbonyl (C=O) groups is 1. The molecule has 3 rings (SSSR count). The second-order valence-corrected chi connectivity index (χ2v) is 5.70. The molecule has 0 bridgehead atoms. The highest BCUT2D eigenvalue weighted by Gasteiger charge is 2.12. The molecule has 1 amide bonds. The summed E-state index contributed by atoms with van der Waals surface area (Å²) in [6, 6.07) is 7.61. The molecule has 0 saturated carbocycles. The first-order chi connectivity index (χ1) is 11.6. The van der Waals surface area contributed by atoms with Crippen LogP contribution in [0.15, 0.2) is 49.1 Å². The summed E-state index contributed by atoms with van der Waals surface area (Å²) in [5, 5.41) is 0. The third-order valence-electron chi connectivity index (χ3n) is 3.83. The summed E-state index contributed by atoms with van der Waals surface area (Å²) in [7, 11) is 1.78. The number of carbonyl (C=O) groups excluding carboxylic acids is 1. The van der Waals surface area contributed by atoms with Gasteiger partial charge in [-0.05, 0) is 43.2 Å². The maximum Gasteiger partial charge on any atom is 0.260 e. The molecule has 0 spiro atoms. The maximum absolute atomic E-state index is 12.2. The Bertz CT molecular complexity index is 829. The summed E-state index contributed by atoms with van der Waals surface area (Å²) < 4.78 is 7.57. The molecule has 0 saturated heterocycles. The number of aromatic nitrogens is 3. The molecular weight excluding hydrogens is 304 g/mol. The molecule has 0 aliphatic rings. The fourth-order valence-electron chi connectivity index (χ4n) is 2.44. The van der Waals surface area contributed by atoms with E-state index in [0.29, 0.717) is 12.3 Å². The fourth-order valence-corrected chi connectivity index (χ4v) is 2.44. The van der Waals surface area contributed by atoms with E-state index in [0.717, 1.165) is 23.3 Å². The van der Waals surface area contributed by atoms with E-state index in [1.165, 1.54) is 0 Å². The predicted molar refractivity (Wildman–Crippen MR) is 91.0 cm³/mol. The minimum absolute atomic E-state index is 0.00156. The molecule has 24 heavy (non-hydrogen) atoms. The number of imidazole rings is 1. The van der Waals surface area contributed by atoms with Crippen molar-refractivity contribution in [2.45, 2.75) is 13.3 Å². The van der Waals surface area contributed by atoms with Gasteiger partial charge in [0.15, 0.2) is 18.0 Å². The monoisotopic (exact) mass is 324 g/mol. The van der Waals surface area contributed by atoms with Crippen LogP contribution in [0.1, 0.15) is 11.3 Å².